The molecule has 0 aliphatic rings. The van der Waals surface area contributed by atoms with E-state index in [1.54, 1.807) is 6.08 Å². The Morgan fingerprint density at radius 1 is 1.19 bits per heavy atom. The molecule has 1 aromatic heterocycles. The van der Waals surface area contributed by atoms with Gasteiger partial charge in [0.15, 0.2) is 5.75 Å². The van der Waals surface area contributed by atoms with Gasteiger partial charge in [0, 0.05) is 6.07 Å². The molecule has 16 heavy (non-hydrogen) atoms. The Morgan fingerprint density at radius 2 is 1.94 bits per heavy atom. The van der Waals surface area contributed by atoms with Crippen molar-refractivity contribution in [1.82, 2.24) is 0 Å². The van der Waals surface area contributed by atoms with Crippen molar-refractivity contribution >= 4 is 11.9 Å². The van der Waals surface area contributed by atoms with E-state index in [-0.39, 0.29) is 17.3 Å². The van der Waals surface area contributed by atoms with Crippen LogP contribution < -0.4 is 0 Å². The average Bonchev–Trinajstić information content (AvgIpc) is 2.74. The van der Waals surface area contributed by atoms with Crippen LogP contribution in [-0.2, 0) is 0 Å². The fraction of sp³-hybridized carbons (Fsp3) is 0. The monoisotopic (exact) mass is 214 g/mol. The lowest BCUT2D eigenvalue weighted by Crippen LogP contribution is -1.91. The number of ketones is 1. The summed E-state index contributed by atoms with van der Waals surface area (Å²) in [6.07, 6.45) is 4.32. The number of benzene rings is 1. The zero-order valence-electron chi connectivity index (χ0n) is 8.46. The van der Waals surface area contributed by atoms with E-state index in [0.29, 0.717) is 0 Å². The van der Waals surface area contributed by atoms with E-state index in [1.807, 2.05) is 30.3 Å². The standard InChI is InChI=1S/C13H10O3/c14-11(13-12(15)8-9-16-13)7-6-10-4-2-1-3-5-10/h1-9,15H/b7-6-. The van der Waals surface area contributed by atoms with Gasteiger partial charge in [0.2, 0.25) is 11.5 Å². The summed E-state index contributed by atoms with van der Waals surface area (Å²) in [6, 6.07) is 10.8. The molecule has 0 aliphatic carbocycles. The number of hydrogen-bond donors (Lipinski definition) is 1. The lowest BCUT2D eigenvalue weighted by Gasteiger charge is -1.92. The first-order valence-electron chi connectivity index (χ1n) is 4.81. The van der Waals surface area contributed by atoms with Gasteiger partial charge in [-0.1, -0.05) is 36.4 Å². The van der Waals surface area contributed by atoms with Crippen LogP contribution in [0.25, 0.3) is 6.08 Å². The van der Waals surface area contributed by atoms with Crippen LogP contribution in [0.4, 0.5) is 0 Å². The van der Waals surface area contributed by atoms with Gasteiger partial charge in [-0.3, -0.25) is 4.79 Å². The van der Waals surface area contributed by atoms with Crippen molar-refractivity contribution in [2.45, 2.75) is 0 Å². The fourth-order valence-electron chi connectivity index (χ4n) is 1.30. The molecule has 1 aromatic carbocycles. The lowest BCUT2D eigenvalue weighted by molar-refractivity contribution is 0.101. The maximum Gasteiger partial charge on any atom is 0.224 e. The first-order chi connectivity index (χ1) is 7.77. The van der Waals surface area contributed by atoms with E-state index in [2.05, 4.69) is 0 Å². The van der Waals surface area contributed by atoms with Gasteiger partial charge in [0.1, 0.15) is 0 Å². The quantitative estimate of drug-likeness (QED) is 0.631. The number of carbonyl (C=O) groups is 1. The Balaban J connectivity index is 2.15. The smallest absolute Gasteiger partial charge is 0.224 e. The van der Waals surface area contributed by atoms with E-state index < -0.39 is 0 Å². The van der Waals surface area contributed by atoms with Gasteiger partial charge in [-0.05, 0) is 11.6 Å². The second kappa shape index (κ2) is 4.49. The number of rotatable bonds is 3. The van der Waals surface area contributed by atoms with Crippen molar-refractivity contribution in [2.24, 2.45) is 0 Å². The lowest BCUT2D eigenvalue weighted by atomic mass is 10.2. The Hall–Kier alpha value is -2.29. The second-order valence-corrected chi connectivity index (χ2v) is 3.24. The van der Waals surface area contributed by atoms with Crippen LogP contribution in [0.1, 0.15) is 16.1 Å². The zero-order valence-corrected chi connectivity index (χ0v) is 8.46. The minimum absolute atomic E-state index is 0.0350. The third-order valence-electron chi connectivity index (χ3n) is 2.09. The van der Waals surface area contributed by atoms with Crippen molar-refractivity contribution in [3.8, 4) is 5.75 Å². The Morgan fingerprint density at radius 3 is 2.56 bits per heavy atom. The molecule has 0 atom stereocenters. The summed E-state index contributed by atoms with van der Waals surface area (Å²) < 4.78 is 4.86. The molecule has 2 rings (SSSR count). The third kappa shape index (κ3) is 2.20. The molecule has 80 valence electrons. The largest absolute Gasteiger partial charge is 0.504 e. The zero-order chi connectivity index (χ0) is 11.4. The van der Waals surface area contributed by atoms with E-state index in [1.165, 1.54) is 18.4 Å². The van der Waals surface area contributed by atoms with Crippen molar-refractivity contribution in [1.29, 1.82) is 0 Å². The number of furan rings is 1. The first-order valence-corrected chi connectivity index (χ1v) is 4.81. The molecule has 3 heteroatoms. The minimum atomic E-state index is -0.355. The van der Waals surface area contributed by atoms with Gasteiger partial charge in [-0.2, -0.15) is 0 Å². The summed E-state index contributed by atoms with van der Waals surface area (Å²) in [4.78, 5) is 11.6. The van der Waals surface area contributed by atoms with E-state index in [4.69, 9.17) is 4.42 Å². The van der Waals surface area contributed by atoms with Crippen molar-refractivity contribution in [3.63, 3.8) is 0 Å². The number of hydrogen-bond acceptors (Lipinski definition) is 3. The molecule has 0 saturated carbocycles. The van der Waals surface area contributed by atoms with Gasteiger partial charge in [-0.15, -0.1) is 0 Å². The van der Waals surface area contributed by atoms with Gasteiger partial charge in [0.25, 0.3) is 0 Å². The predicted octanol–water partition coefficient (Wildman–Crippen LogP) is 2.88. The fourth-order valence-corrected chi connectivity index (χ4v) is 1.30. The maximum atomic E-state index is 11.6. The molecule has 0 unspecified atom stereocenters. The van der Waals surface area contributed by atoms with Crippen LogP contribution in [0.15, 0.2) is 53.2 Å². The Kier molecular flexibility index (Phi) is 2.87. The molecule has 0 saturated heterocycles. The van der Waals surface area contributed by atoms with Gasteiger partial charge < -0.3 is 9.52 Å². The molecule has 0 amide bonds. The SMILES string of the molecule is O=C(/C=C\c1ccccc1)c1occc1O. The van der Waals surface area contributed by atoms with Crippen LogP contribution in [0, 0.1) is 0 Å². The molecule has 0 radical (unpaired) electrons. The van der Waals surface area contributed by atoms with Gasteiger partial charge in [-0.25, -0.2) is 0 Å². The van der Waals surface area contributed by atoms with Crippen molar-refractivity contribution in [3.05, 3.63) is 60.1 Å². The van der Waals surface area contributed by atoms with E-state index in [9.17, 15) is 9.90 Å². The summed E-state index contributed by atoms with van der Waals surface area (Å²) in [5.41, 5.74) is 0.918. The number of aromatic hydroxyl groups is 1. The summed E-state index contributed by atoms with van der Waals surface area (Å²) in [5.74, 6) is -0.527. The third-order valence-corrected chi connectivity index (χ3v) is 2.09. The summed E-state index contributed by atoms with van der Waals surface area (Å²) >= 11 is 0. The Bertz CT molecular complexity index is 509. The van der Waals surface area contributed by atoms with Crippen LogP contribution >= 0.6 is 0 Å². The summed E-state index contributed by atoms with van der Waals surface area (Å²) in [5, 5.41) is 9.27. The van der Waals surface area contributed by atoms with E-state index >= 15 is 0 Å². The number of allylic oxidation sites excluding steroid dienone is 1. The topological polar surface area (TPSA) is 50.4 Å². The molecule has 3 nitrogen and oxygen atoms in total. The van der Waals surface area contributed by atoms with Gasteiger partial charge in [0.05, 0.1) is 6.26 Å². The highest BCUT2D eigenvalue weighted by Gasteiger charge is 2.11. The van der Waals surface area contributed by atoms with Crippen LogP contribution in [0.3, 0.4) is 0 Å². The minimum Gasteiger partial charge on any atom is -0.504 e. The van der Waals surface area contributed by atoms with Crippen molar-refractivity contribution in [2.75, 3.05) is 0 Å². The van der Waals surface area contributed by atoms with Crippen LogP contribution in [0.2, 0.25) is 0 Å². The summed E-state index contributed by atoms with van der Waals surface area (Å²) in [6.45, 7) is 0. The predicted molar refractivity (Wildman–Crippen MR) is 60.2 cm³/mol. The Labute approximate surface area is 92.6 Å². The van der Waals surface area contributed by atoms with Gasteiger partial charge >= 0.3 is 0 Å². The molecule has 2 aromatic rings. The maximum absolute atomic E-state index is 11.6. The highest BCUT2D eigenvalue weighted by molar-refractivity contribution is 6.06. The second-order valence-electron chi connectivity index (χ2n) is 3.24. The molecule has 0 fully saturated rings. The van der Waals surface area contributed by atoms with E-state index in [0.717, 1.165) is 5.56 Å². The highest BCUT2D eigenvalue weighted by atomic mass is 16.4. The normalized spacial score (nSPS) is 10.8. The molecule has 0 bridgehead atoms. The van der Waals surface area contributed by atoms with Crippen molar-refractivity contribution < 1.29 is 14.3 Å². The molecular formula is C13H10O3. The highest BCUT2D eigenvalue weighted by Crippen LogP contribution is 2.18. The van der Waals surface area contributed by atoms with Crippen LogP contribution in [-0.4, -0.2) is 10.9 Å². The van der Waals surface area contributed by atoms with Crippen LogP contribution in [0.5, 0.6) is 5.75 Å². The average molecular weight is 214 g/mol. The molecule has 0 aliphatic heterocycles. The molecule has 1 heterocycles. The first kappa shape index (κ1) is 10.2. The molecule has 0 spiro atoms. The number of carbonyl (C=O) groups excluding carboxylic acids is 1. The molecule has 1 N–H and O–H groups in total. The molecular weight excluding hydrogens is 204 g/mol. The summed E-state index contributed by atoms with van der Waals surface area (Å²) in [7, 11) is 0.